The molecule has 64 valence electrons. The molecule has 0 fully saturated rings. The number of para-hydroxylation sites is 1. The number of hydrogen-bond acceptors (Lipinski definition) is 3. The number of rotatable bonds is 0. The van der Waals surface area contributed by atoms with Crippen molar-refractivity contribution in [3.05, 3.63) is 30.3 Å². The van der Waals surface area contributed by atoms with Crippen LogP contribution >= 0.6 is 0 Å². The smallest absolute Gasteiger partial charge is 0.260 e. The first-order chi connectivity index (χ1) is 6.43. The molecule has 0 radical (unpaired) electrons. The van der Waals surface area contributed by atoms with Gasteiger partial charge < -0.3 is 9.47 Å². The minimum absolute atomic E-state index is 0.276. The number of fused-ring (bicyclic) bond motifs is 2. The summed E-state index contributed by atoms with van der Waals surface area (Å²) in [7, 11) is 0. The first kappa shape index (κ1) is 6.71. The Morgan fingerprint density at radius 1 is 1.15 bits per heavy atom. The third-order valence-corrected chi connectivity index (χ3v) is 2.07. The van der Waals surface area contributed by atoms with Crippen LogP contribution in [0.1, 0.15) is 0 Å². The van der Waals surface area contributed by atoms with Crippen molar-refractivity contribution in [2.45, 2.75) is 0 Å². The van der Waals surface area contributed by atoms with E-state index in [4.69, 9.17) is 9.47 Å². The molecule has 1 aromatic heterocycles. The molecule has 0 amide bonds. The van der Waals surface area contributed by atoms with E-state index in [0.29, 0.717) is 5.88 Å². The summed E-state index contributed by atoms with van der Waals surface area (Å²) in [4.78, 5) is 4.31. The Morgan fingerprint density at radius 3 is 3.08 bits per heavy atom. The van der Waals surface area contributed by atoms with E-state index in [9.17, 15) is 0 Å². The predicted molar refractivity (Wildman–Crippen MR) is 47.9 cm³/mol. The van der Waals surface area contributed by atoms with E-state index in [-0.39, 0.29) is 6.79 Å². The highest BCUT2D eigenvalue weighted by atomic mass is 16.7. The van der Waals surface area contributed by atoms with Crippen molar-refractivity contribution in [1.82, 2.24) is 4.98 Å². The number of hydrogen-bond donors (Lipinski definition) is 0. The Hall–Kier alpha value is -1.77. The Labute approximate surface area is 74.9 Å². The number of aromatic nitrogens is 1. The molecule has 1 aliphatic rings. The fourth-order valence-electron chi connectivity index (χ4n) is 1.43. The van der Waals surface area contributed by atoms with E-state index < -0.39 is 0 Å². The van der Waals surface area contributed by atoms with Gasteiger partial charge in [0.05, 0.1) is 5.52 Å². The molecule has 2 aromatic rings. The fraction of sp³-hybridized carbons (Fsp3) is 0.100. The van der Waals surface area contributed by atoms with Crippen LogP contribution in [0.3, 0.4) is 0 Å². The van der Waals surface area contributed by atoms with Gasteiger partial charge in [0.25, 0.3) is 5.88 Å². The number of benzene rings is 1. The predicted octanol–water partition coefficient (Wildman–Crippen LogP) is 1.96. The Morgan fingerprint density at radius 2 is 2.08 bits per heavy atom. The zero-order valence-electron chi connectivity index (χ0n) is 6.86. The molecule has 13 heavy (non-hydrogen) atoms. The molecule has 3 heteroatoms. The van der Waals surface area contributed by atoms with Crippen molar-refractivity contribution in [2.75, 3.05) is 6.79 Å². The van der Waals surface area contributed by atoms with E-state index in [1.807, 2.05) is 30.3 Å². The molecule has 0 N–H and O–H groups in total. The summed E-state index contributed by atoms with van der Waals surface area (Å²) >= 11 is 0. The molecule has 0 saturated carbocycles. The third-order valence-electron chi connectivity index (χ3n) is 2.07. The maximum Gasteiger partial charge on any atom is 0.260 e. The summed E-state index contributed by atoms with van der Waals surface area (Å²) in [6.45, 7) is 0.276. The highest BCUT2D eigenvalue weighted by Gasteiger charge is 2.15. The van der Waals surface area contributed by atoms with Crippen molar-refractivity contribution < 1.29 is 9.47 Å². The van der Waals surface area contributed by atoms with Crippen molar-refractivity contribution in [3.63, 3.8) is 0 Å². The second-order valence-electron chi connectivity index (χ2n) is 2.89. The van der Waals surface area contributed by atoms with Gasteiger partial charge in [-0.05, 0) is 12.1 Å². The average Bonchev–Trinajstić information content (AvgIpc) is 2.61. The van der Waals surface area contributed by atoms with E-state index in [2.05, 4.69) is 4.98 Å². The van der Waals surface area contributed by atoms with Crippen LogP contribution in [0, 0.1) is 0 Å². The minimum Gasteiger partial charge on any atom is -0.452 e. The number of pyridine rings is 1. The lowest BCUT2D eigenvalue weighted by Gasteiger charge is -1.98. The Balaban J connectivity index is 2.36. The molecule has 1 aliphatic heterocycles. The zero-order valence-corrected chi connectivity index (χ0v) is 6.86. The molecule has 0 aliphatic carbocycles. The largest absolute Gasteiger partial charge is 0.452 e. The van der Waals surface area contributed by atoms with E-state index in [1.165, 1.54) is 0 Å². The van der Waals surface area contributed by atoms with Crippen LogP contribution in [0.5, 0.6) is 11.6 Å². The van der Waals surface area contributed by atoms with Gasteiger partial charge in [-0.1, -0.05) is 18.2 Å². The SMILES string of the molecule is c1ccc2nc3c(cc2c1)OCO3. The third kappa shape index (κ3) is 0.935. The molecular weight excluding hydrogens is 166 g/mol. The molecule has 0 saturated heterocycles. The average molecular weight is 173 g/mol. The van der Waals surface area contributed by atoms with Gasteiger partial charge in [0.15, 0.2) is 5.75 Å². The molecule has 0 unspecified atom stereocenters. The van der Waals surface area contributed by atoms with Crippen LogP contribution in [0.15, 0.2) is 30.3 Å². The second-order valence-corrected chi connectivity index (χ2v) is 2.89. The van der Waals surface area contributed by atoms with Gasteiger partial charge >= 0.3 is 0 Å². The summed E-state index contributed by atoms with van der Waals surface area (Å²) in [6, 6.07) is 9.84. The Bertz CT molecular complexity index is 425. The molecule has 1 aromatic carbocycles. The van der Waals surface area contributed by atoms with Gasteiger partial charge in [-0.25, -0.2) is 4.98 Å². The summed E-state index contributed by atoms with van der Waals surface area (Å²) in [6.07, 6.45) is 0. The maximum atomic E-state index is 5.22. The monoisotopic (exact) mass is 173 g/mol. The van der Waals surface area contributed by atoms with Crippen molar-refractivity contribution in [1.29, 1.82) is 0 Å². The standard InChI is InChI=1S/C10H7NO2/c1-2-4-8-7(3-1)5-9-10(11-8)13-6-12-9/h1-5H,6H2. The molecule has 0 atom stereocenters. The van der Waals surface area contributed by atoms with Crippen LogP contribution in [0.2, 0.25) is 0 Å². The molecule has 3 rings (SSSR count). The zero-order chi connectivity index (χ0) is 8.67. The van der Waals surface area contributed by atoms with Gasteiger partial charge in [0.2, 0.25) is 6.79 Å². The van der Waals surface area contributed by atoms with Gasteiger partial charge in [0.1, 0.15) is 0 Å². The minimum atomic E-state index is 0.276. The molecule has 0 bridgehead atoms. The Kier molecular flexibility index (Phi) is 1.22. The normalized spacial score (nSPS) is 13.5. The van der Waals surface area contributed by atoms with Gasteiger partial charge in [-0.2, -0.15) is 0 Å². The molecule has 3 nitrogen and oxygen atoms in total. The van der Waals surface area contributed by atoms with Crippen LogP contribution in [0.25, 0.3) is 10.9 Å². The summed E-state index contributed by atoms with van der Waals surface area (Å²) in [5.41, 5.74) is 0.937. The second kappa shape index (κ2) is 2.36. The quantitative estimate of drug-likeness (QED) is 0.610. The molecule has 0 spiro atoms. The van der Waals surface area contributed by atoms with Crippen LogP contribution < -0.4 is 9.47 Å². The van der Waals surface area contributed by atoms with Gasteiger partial charge in [0, 0.05) is 5.39 Å². The van der Waals surface area contributed by atoms with Crippen molar-refractivity contribution >= 4 is 10.9 Å². The first-order valence-corrected chi connectivity index (χ1v) is 4.09. The van der Waals surface area contributed by atoms with E-state index in [1.54, 1.807) is 0 Å². The van der Waals surface area contributed by atoms with Crippen LogP contribution in [-0.4, -0.2) is 11.8 Å². The molecular formula is C10H7NO2. The van der Waals surface area contributed by atoms with E-state index in [0.717, 1.165) is 16.7 Å². The van der Waals surface area contributed by atoms with Crippen molar-refractivity contribution in [3.8, 4) is 11.6 Å². The molecule has 2 heterocycles. The first-order valence-electron chi connectivity index (χ1n) is 4.09. The van der Waals surface area contributed by atoms with Gasteiger partial charge in [-0.3, -0.25) is 0 Å². The topological polar surface area (TPSA) is 31.4 Å². The fourth-order valence-corrected chi connectivity index (χ4v) is 1.43. The van der Waals surface area contributed by atoms with Crippen LogP contribution in [-0.2, 0) is 0 Å². The summed E-state index contributed by atoms with van der Waals surface area (Å²) < 4.78 is 10.4. The highest BCUT2D eigenvalue weighted by Crippen LogP contribution is 2.32. The lowest BCUT2D eigenvalue weighted by atomic mass is 10.2. The highest BCUT2D eigenvalue weighted by molar-refractivity contribution is 5.81. The lowest BCUT2D eigenvalue weighted by molar-refractivity contribution is 0.171. The van der Waals surface area contributed by atoms with E-state index >= 15 is 0 Å². The summed E-state index contributed by atoms with van der Waals surface area (Å²) in [5.74, 6) is 1.33. The maximum absolute atomic E-state index is 5.22. The number of ether oxygens (including phenoxy) is 2. The van der Waals surface area contributed by atoms with Gasteiger partial charge in [-0.15, -0.1) is 0 Å². The van der Waals surface area contributed by atoms with Crippen molar-refractivity contribution in [2.24, 2.45) is 0 Å². The van der Waals surface area contributed by atoms with Crippen LogP contribution in [0.4, 0.5) is 0 Å². The number of nitrogens with zero attached hydrogens (tertiary/aromatic N) is 1. The summed E-state index contributed by atoms with van der Waals surface area (Å²) in [5, 5.41) is 1.08. The lowest BCUT2D eigenvalue weighted by Crippen LogP contribution is -1.93.